The molecule has 2 heterocycles. The lowest BCUT2D eigenvalue weighted by atomic mass is 10.2. The zero-order valence-corrected chi connectivity index (χ0v) is 15.1. The highest BCUT2D eigenvalue weighted by molar-refractivity contribution is 5.54. The summed E-state index contributed by atoms with van der Waals surface area (Å²) in [6, 6.07) is 8.12. The quantitative estimate of drug-likeness (QED) is 0.758. The van der Waals surface area contributed by atoms with Gasteiger partial charge in [0.25, 0.3) is 5.89 Å². The Morgan fingerprint density at radius 2 is 2.00 bits per heavy atom. The Hall–Kier alpha value is -1.96. The topological polar surface area (TPSA) is 63.9 Å². The Morgan fingerprint density at radius 3 is 2.68 bits per heavy atom. The summed E-state index contributed by atoms with van der Waals surface area (Å²) in [6.45, 7) is 7.75. The first-order valence-electron chi connectivity index (χ1n) is 8.62. The lowest BCUT2D eigenvalue weighted by Crippen LogP contribution is -2.52. The smallest absolute Gasteiger partial charge is 0.257 e. The second kappa shape index (κ2) is 8.42. The number of rotatable bonds is 7. The molecule has 136 valence electrons. The van der Waals surface area contributed by atoms with E-state index in [9.17, 15) is 0 Å². The second-order valence-electron chi connectivity index (χ2n) is 6.36. The zero-order valence-electron chi connectivity index (χ0n) is 15.1. The molecule has 1 fully saturated rings. The third kappa shape index (κ3) is 4.56. The first kappa shape index (κ1) is 17.8. The first-order chi connectivity index (χ1) is 12.2. The van der Waals surface area contributed by atoms with Crippen molar-refractivity contribution in [2.24, 2.45) is 0 Å². The highest BCUT2D eigenvalue weighted by Gasteiger charge is 2.24. The molecule has 25 heavy (non-hydrogen) atoms. The van der Waals surface area contributed by atoms with Crippen molar-refractivity contribution in [1.82, 2.24) is 19.9 Å². The molecule has 1 aliphatic heterocycles. The van der Waals surface area contributed by atoms with Crippen LogP contribution in [0.4, 0.5) is 0 Å². The molecule has 7 heteroatoms. The number of hydrogen-bond acceptors (Lipinski definition) is 7. The van der Waals surface area contributed by atoms with Gasteiger partial charge in [0, 0.05) is 44.9 Å². The lowest BCUT2D eigenvalue weighted by Gasteiger charge is -2.39. The van der Waals surface area contributed by atoms with Crippen molar-refractivity contribution >= 4 is 0 Å². The molecule has 0 spiro atoms. The van der Waals surface area contributed by atoms with Gasteiger partial charge in [-0.3, -0.25) is 9.80 Å². The summed E-state index contributed by atoms with van der Waals surface area (Å²) in [6.07, 6.45) is 0. The van der Waals surface area contributed by atoms with Crippen LogP contribution in [0.5, 0.6) is 5.75 Å². The maximum Gasteiger partial charge on any atom is 0.257 e. The molecule has 1 aliphatic rings. The van der Waals surface area contributed by atoms with Crippen LogP contribution in [0.3, 0.4) is 0 Å². The summed E-state index contributed by atoms with van der Waals surface area (Å²) < 4.78 is 15.8. The van der Waals surface area contributed by atoms with Gasteiger partial charge in [-0.2, -0.15) is 4.98 Å². The largest absolute Gasteiger partial charge is 0.497 e. The summed E-state index contributed by atoms with van der Waals surface area (Å²) in [4.78, 5) is 9.36. The van der Waals surface area contributed by atoms with Crippen LogP contribution in [-0.4, -0.2) is 73.0 Å². The van der Waals surface area contributed by atoms with E-state index in [1.165, 1.54) is 0 Å². The van der Waals surface area contributed by atoms with Gasteiger partial charge in [-0.05, 0) is 31.2 Å². The SMILES string of the molecule is COCCN1CCN(Cc2noc(-c3ccc(OC)cc3)n2)C[C@@H]1C. The maximum atomic E-state index is 5.41. The van der Waals surface area contributed by atoms with Crippen LogP contribution in [0.15, 0.2) is 28.8 Å². The van der Waals surface area contributed by atoms with Gasteiger partial charge in [-0.25, -0.2) is 0 Å². The van der Waals surface area contributed by atoms with Crippen molar-refractivity contribution in [3.63, 3.8) is 0 Å². The van der Waals surface area contributed by atoms with E-state index in [-0.39, 0.29) is 0 Å². The third-order valence-corrected chi connectivity index (χ3v) is 4.60. The van der Waals surface area contributed by atoms with Gasteiger partial charge in [0.2, 0.25) is 0 Å². The van der Waals surface area contributed by atoms with E-state index in [0.29, 0.717) is 18.5 Å². The predicted molar refractivity (Wildman–Crippen MR) is 94.5 cm³/mol. The number of hydrogen-bond donors (Lipinski definition) is 0. The first-order valence-corrected chi connectivity index (χ1v) is 8.62. The fourth-order valence-electron chi connectivity index (χ4n) is 3.12. The second-order valence-corrected chi connectivity index (χ2v) is 6.36. The number of ether oxygens (including phenoxy) is 2. The molecule has 0 aliphatic carbocycles. The average Bonchev–Trinajstić information content (AvgIpc) is 3.09. The standard InChI is InChI=1S/C18H26N4O3/c1-14-12-21(8-9-22(14)10-11-23-2)13-17-19-18(25-20-17)15-4-6-16(24-3)7-5-15/h4-7,14H,8-13H2,1-3H3/t14-/m0/s1. The summed E-state index contributed by atoms with van der Waals surface area (Å²) in [5.74, 6) is 2.08. The lowest BCUT2D eigenvalue weighted by molar-refractivity contribution is 0.0543. The molecule has 0 bridgehead atoms. The van der Waals surface area contributed by atoms with Crippen molar-refractivity contribution in [2.75, 3.05) is 47.0 Å². The number of aromatic nitrogens is 2. The normalized spacial score (nSPS) is 19.2. The van der Waals surface area contributed by atoms with Gasteiger partial charge < -0.3 is 14.0 Å². The summed E-state index contributed by atoms with van der Waals surface area (Å²) in [5, 5.41) is 4.13. The molecule has 1 atom stereocenters. The number of benzene rings is 1. The Bertz CT molecular complexity index is 659. The van der Waals surface area contributed by atoms with Crippen molar-refractivity contribution in [2.45, 2.75) is 19.5 Å². The minimum atomic E-state index is 0.497. The summed E-state index contributed by atoms with van der Waals surface area (Å²) in [7, 11) is 3.40. The molecule has 0 amide bonds. The molecule has 2 aromatic rings. The molecule has 1 saturated heterocycles. The summed E-state index contributed by atoms with van der Waals surface area (Å²) >= 11 is 0. The van der Waals surface area contributed by atoms with Gasteiger partial charge in [-0.1, -0.05) is 5.16 Å². The van der Waals surface area contributed by atoms with Crippen LogP contribution in [0.2, 0.25) is 0 Å². The molecular formula is C18H26N4O3. The molecule has 3 rings (SSSR count). The number of methoxy groups -OCH3 is 2. The molecule has 0 radical (unpaired) electrons. The van der Waals surface area contributed by atoms with E-state index in [0.717, 1.165) is 49.9 Å². The minimum Gasteiger partial charge on any atom is -0.497 e. The fourth-order valence-corrected chi connectivity index (χ4v) is 3.12. The minimum absolute atomic E-state index is 0.497. The van der Waals surface area contributed by atoms with Crippen molar-refractivity contribution in [1.29, 1.82) is 0 Å². The van der Waals surface area contributed by atoms with E-state index in [1.807, 2.05) is 24.3 Å². The zero-order chi connectivity index (χ0) is 17.6. The Balaban J connectivity index is 1.56. The Labute approximate surface area is 148 Å². The molecule has 7 nitrogen and oxygen atoms in total. The summed E-state index contributed by atoms with van der Waals surface area (Å²) in [5.41, 5.74) is 0.900. The van der Waals surface area contributed by atoms with Gasteiger partial charge in [0.1, 0.15) is 5.75 Å². The molecule has 1 aromatic carbocycles. The highest BCUT2D eigenvalue weighted by atomic mass is 16.5. The predicted octanol–water partition coefficient (Wildman–Crippen LogP) is 1.90. The average molecular weight is 346 g/mol. The van der Waals surface area contributed by atoms with E-state index >= 15 is 0 Å². The molecule has 0 saturated carbocycles. The molecule has 1 aromatic heterocycles. The Kier molecular flexibility index (Phi) is 6.01. The van der Waals surface area contributed by atoms with E-state index in [2.05, 4.69) is 26.9 Å². The van der Waals surface area contributed by atoms with Gasteiger partial charge >= 0.3 is 0 Å². The van der Waals surface area contributed by atoms with Gasteiger partial charge in [0.05, 0.1) is 20.3 Å². The van der Waals surface area contributed by atoms with Crippen molar-refractivity contribution in [3.05, 3.63) is 30.1 Å². The van der Waals surface area contributed by atoms with Crippen LogP contribution in [0.1, 0.15) is 12.7 Å². The van der Waals surface area contributed by atoms with Gasteiger partial charge in [-0.15, -0.1) is 0 Å². The monoisotopic (exact) mass is 346 g/mol. The van der Waals surface area contributed by atoms with E-state index < -0.39 is 0 Å². The van der Waals surface area contributed by atoms with Crippen molar-refractivity contribution in [3.8, 4) is 17.2 Å². The number of nitrogens with zero attached hydrogens (tertiary/aromatic N) is 4. The Morgan fingerprint density at radius 1 is 1.20 bits per heavy atom. The fraction of sp³-hybridized carbons (Fsp3) is 0.556. The molecule has 0 unspecified atom stereocenters. The van der Waals surface area contributed by atoms with Crippen molar-refractivity contribution < 1.29 is 14.0 Å². The van der Waals surface area contributed by atoms with Crippen LogP contribution >= 0.6 is 0 Å². The van der Waals surface area contributed by atoms with Crippen LogP contribution in [0, 0.1) is 0 Å². The van der Waals surface area contributed by atoms with E-state index in [4.69, 9.17) is 14.0 Å². The third-order valence-electron chi connectivity index (χ3n) is 4.60. The molecule has 0 N–H and O–H groups in total. The van der Waals surface area contributed by atoms with Crippen LogP contribution in [-0.2, 0) is 11.3 Å². The van der Waals surface area contributed by atoms with Crippen LogP contribution in [0.25, 0.3) is 11.5 Å². The highest BCUT2D eigenvalue weighted by Crippen LogP contribution is 2.21. The number of piperazine rings is 1. The van der Waals surface area contributed by atoms with E-state index in [1.54, 1.807) is 14.2 Å². The maximum absolute atomic E-state index is 5.41. The molecular weight excluding hydrogens is 320 g/mol. The van der Waals surface area contributed by atoms with Crippen LogP contribution < -0.4 is 4.74 Å². The van der Waals surface area contributed by atoms with Gasteiger partial charge in [0.15, 0.2) is 5.82 Å².